The Morgan fingerprint density at radius 2 is 1.40 bits per heavy atom. The standard InChI is InChI=1S/C34H30N4O5/c39-32(35-28-16-8-3-9-17-28)27-15-10-18-29(19-27)36-21-30-20-31(22-36)38(34(41)43-24-26-13-6-2-7-14-26)37(30)33(40)42-23-25-11-4-1-5-12-25/h1-19,30H,20-24H2/p+1. The zero-order valence-corrected chi connectivity index (χ0v) is 23.5. The van der Waals surface area contributed by atoms with Crippen LogP contribution in [0.15, 0.2) is 115 Å². The number of carbonyl (C=O) groups is 3. The highest BCUT2D eigenvalue weighted by atomic mass is 16.6. The number of piperidine rings is 1. The maximum atomic E-state index is 13.5. The minimum Gasteiger partial charge on any atom is -0.441 e. The van der Waals surface area contributed by atoms with Gasteiger partial charge in [0.15, 0.2) is 0 Å². The molecule has 0 radical (unpaired) electrons. The van der Waals surface area contributed by atoms with Crippen LogP contribution >= 0.6 is 0 Å². The van der Waals surface area contributed by atoms with Crippen molar-refractivity contribution in [1.29, 1.82) is 0 Å². The molecule has 0 saturated carbocycles. The molecule has 4 aromatic carbocycles. The summed E-state index contributed by atoms with van der Waals surface area (Å²) in [5, 5.41) is 4.29. The molecule has 1 fully saturated rings. The molecule has 6 rings (SSSR count). The molecule has 2 aliphatic heterocycles. The lowest BCUT2D eigenvalue weighted by atomic mass is 10.0. The third-order valence-electron chi connectivity index (χ3n) is 7.41. The molecule has 1 unspecified atom stereocenters. The number of benzene rings is 4. The number of amides is 3. The first-order chi connectivity index (χ1) is 21.0. The van der Waals surface area contributed by atoms with Crippen molar-refractivity contribution in [2.45, 2.75) is 25.7 Å². The van der Waals surface area contributed by atoms with Crippen LogP contribution in [0, 0.1) is 0 Å². The van der Waals surface area contributed by atoms with Crippen molar-refractivity contribution in [2.24, 2.45) is 0 Å². The highest BCUT2D eigenvalue weighted by molar-refractivity contribution is 6.05. The molecular formula is C34H31N4O5+. The van der Waals surface area contributed by atoms with Gasteiger partial charge in [-0.2, -0.15) is 4.79 Å². The van der Waals surface area contributed by atoms with E-state index in [1.807, 2.05) is 109 Å². The van der Waals surface area contributed by atoms with E-state index in [1.165, 1.54) is 9.69 Å². The smallest absolute Gasteiger partial charge is 0.441 e. The molecular weight excluding hydrogens is 544 g/mol. The van der Waals surface area contributed by atoms with E-state index in [0.717, 1.165) is 16.8 Å². The molecule has 9 nitrogen and oxygen atoms in total. The largest absolute Gasteiger partial charge is 0.627 e. The summed E-state index contributed by atoms with van der Waals surface area (Å²) in [4.78, 5) is 42.0. The molecule has 4 aromatic rings. The fourth-order valence-corrected chi connectivity index (χ4v) is 5.35. The first-order valence-corrected chi connectivity index (χ1v) is 14.1. The number of hydrazine groups is 1. The second kappa shape index (κ2) is 12.6. The Labute approximate surface area is 249 Å². The summed E-state index contributed by atoms with van der Waals surface area (Å²) < 4.78 is 12.6. The Morgan fingerprint density at radius 3 is 2.07 bits per heavy atom. The van der Waals surface area contributed by atoms with Crippen LogP contribution in [0.1, 0.15) is 27.9 Å². The van der Waals surface area contributed by atoms with Gasteiger partial charge in [0.1, 0.15) is 25.8 Å². The second-order valence-electron chi connectivity index (χ2n) is 10.4. The Bertz CT molecular complexity index is 1640. The van der Waals surface area contributed by atoms with Crippen molar-refractivity contribution in [3.8, 4) is 0 Å². The van der Waals surface area contributed by atoms with Crippen molar-refractivity contribution in [2.75, 3.05) is 23.3 Å². The van der Waals surface area contributed by atoms with Crippen LogP contribution in [0.5, 0.6) is 0 Å². The summed E-state index contributed by atoms with van der Waals surface area (Å²) in [5.74, 6) is -0.224. The predicted molar refractivity (Wildman–Crippen MR) is 162 cm³/mol. The number of hydrogen-bond acceptors (Lipinski definition) is 6. The minimum atomic E-state index is -0.643. The summed E-state index contributed by atoms with van der Waals surface area (Å²) in [6, 6.07) is 35.0. The van der Waals surface area contributed by atoms with E-state index in [4.69, 9.17) is 9.47 Å². The molecule has 2 bridgehead atoms. The molecule has 216 valence electrons. The molecule has 0 spiro atoms. The fraction of sp³-hybridized carbons (Fsp3) is 0.176. The molecule has 0 aliphatic carbocycles. The maximum absolute atomic E-state index is 13.5. The molecule has 9 heteroatoms. The molecule has 1 saturated heterocycles. The fourth-order valence-electron chi connectivity index (χ4n) is 5.35. The van der Waals surface area contributed by atoms with Crippen LogP contribution in [0.4, 0.5) is 21.0 Å². The molecule has 3 amide bonds. The summed E-state index contributed by atoms with van der Waals surface area (Å²) in [7, 11) is 0. The van der Waals surface area contributed by atoms with Gasteiger partial charge in [0.05, 0.1) is 6.42 Å². The van der Waals surface area contributed by atoms with E-state index in [9.17, 15) is 14.4 Å². The molecule has 43 heavy (non-hydrogen) atoms. The first kappa shape index (κ1) is 27.7. The summed E-state index contributed by atoms with van der Waals surface area (Å²) in [6.07, 6.45) is -0.764. The maximum Gasteiger partial charge on any atom is 0.627 e. The SMILES string of the molecule is O=C(Nc1ccccc1)c1cccc(N2CC3=[N+](C(=O)OCc4ccccc4)N(C(=O)OCc4ccccc4)C(C3)C2)c1. The Kier molecular flexibility index (Phi) is 8.13. The van der Waals surface area contributed by atoms with Gasteiger partial charge in [-0.25, -0.2) is 4.79 Å². The number of nitrogens with zero attached hydrogens (tertiary/aromatic N) is 3. The van der Waals surface area contributed by atoms with E-state index in [2.05, 4.69) is 10.2 Å². The predicted octanol–water partition coefficient (Wildman–Crippen LogP) is 5.88. The van der Waals surface area contributed by atoms with Crippen LogP contribution in [0.25, 0.3) is 0 Å². The number of hydrogen-bond donors (Lipinski definition) is 1. The lowest BCUT2D eigenvalue weighted by molar-refractivity contribution is -0.597. The number of carbonyl (C=O) groups excluding carboxylic acids is 3. The number of hydrazone groups is 1. The number of fused-ring (bicyclic) bond motifs is 2. The average molecular weight is 576 g/mol. The highest BCUT2D eigenvalue weighted by Crippen LogP contribution is 2.29. The van der Waals surface area contributed by atoms with Crippen molar-refractivity contribution >= 4 is 35.2 Å². The quantitative estimate of drug-likeness (QED) is 0.277. The number of rotatable bonds is 7. The van der Waals surface area contributed by atoms with Crippen molar-refractivity contribution < 1.29 is 28.5 Å². The Balaban J connectivity index is 1.23. The summed E-state index contributed by atoms with van der Waals surface area (Å²) >= 11 is 0. The van der Waals surface area contributed by atoms with E-state index < -0.39 is 12.2 Å². The topological polar surface area (TPSA) is 91.2 Å². The van der Waals surface area contributed by atoms with E-state index in [1.54, 1.807) is 6.07 Å². The second-order valence-corrected chi connectivity index (χ2v) is 10.4. The summed E-state index contributed by atoms with van der Waals surface area (Å²) in [6.45, 7) is 0.968. The van der Waals surface area contributed by atoms with Gasteiger partial charge in [0, 0.05) is 28.2 Å². The monoisotopic (exact) mass is 575 g/mol. The van der Waals surface area contributed by atoms with Gasteiger partial charge in [-0.1, -0.05) is 89.9 Å². The van der Waals surface area contributed by atoms with Crippen LogP contribution in [0.2, 0.25) is 0 Å². The van der Waals surface area contributed by atoms with Crippen LogP contribution in [0.3, 0.4) is 0 Å². The molecule has 2 heterocycles. The molecule has 0 aromatic heterocycles. The van der Waals surface area contributed by atoms with Crippen LogP contribution in [-0.2, 0) is 22.7 Å². The molecule has 1 N–H and O–H groups in total. The van der Waals surface area contributed by atoms with Gasteiger partial charge >= 0.3 is 12.2 Å². The number of anilines is 2. The van der Waals surface area contributed by atoms with Crippen LogP contribution in [-0.4, -0.2) is 52.6 Å². The third kappa shape index (κ3) is 6.41. The Hall–Kier alpha value is -5.44. The van der Waals surface area contributed by atoms with Crippen molar-refractivity contribution in [3.63, 3.8) is 0 Å². The zero-order valence-electron chi connectivity index (χ0n) is 23.5. The van der Waals surface area contributed by atoms with Gasteiger partial charge in [0.25, 0.3) is 5.91 Å². The lowest BCUT2D eigenvalue weighted by Crippen LogP contribution is -2.49. The normalized spacial score (nSPS) is 15.7. The average Bonchev–Trinajstić information content (AvgIpc) is 3.33. The molecule has 1 atom stereocenters. The van der Waals surface area contributed by atoms with Gasteiger partial charge in [0.2, 0.25) is 5.71 Å². The lowest BCUT2D eigenvalue weighted by Gasteiger charge is -2.29. The van der Waals surface area contributed by atoms with Crippen LogP contribution < -0.4 is 10.2 Å². The summed E-state index contributed by atoms with van der Waals surface area (Å²) in [5.41, 5.74) is 4.41. The van der Waals surface area contributed by atoms with Gasteiger partial charge in [-0.15, -0.1) is 0 Å². The highest BCUT2D eigenvalue weighted by Gasteiger charge is 2.53. The van der Waals surface area contributed by atoms with Crippen molar-refractivity contribution in [3.05, 3.63) is 132 Å². The minimum absolute atomic E-state index is 0.0727. The van der Waals surface area contributed by atoms with E-state index in [0.29, 0.717) is 36.5 Å². The van der Waals surface area contributed by atoms with Gasteiger partial charge in [-0.3, -0.25) is 4.79 Å². The third-order valence-corrected chi connectivity index (χ3v) is 7.41. The van der Waals surface area contributed by atoms with Gasteiger partial charge in [-0.05, 0) is 41.5 Å². The number of ether oxygens (including phenoxy) is 2. The Morgan fingerprint density at radius 1 is 0.767 bits per heavy atom. The molecule has 2 aliphatic rings. The van der Waals surface area contributed by atoms with E-state index >= 15 is 0 Å². The van der Waals surface area contributed by atoms with E-state index in [-0.39, 0.29) is 25.2 Å². The first-order valence-electron chi connectivity index (χ1n) is 14.1. The van der Waals surface area contributed by atoms with Gasteiger partial charge < -0.3 is 19.7 Å². The number of nitrogens with one attached hydrogen (secondary N) is 1. The number of para-hydroxylation sites is 1. The van der Waals surface area contributed by atoms with Crippen molar-refractivity contribution in [1.82, 2.24) is 5.01 Å². The zero-order chi connectivity index (χ0) is 29.6.